The van der Waals surface area contributed by atoms with E-state index in [-0.39, 0.29) is 0 Å². The van der Waals surface area contributed by atoms with Gasteiger partial charge in [-0.1, -0.05) is 0 Å². The monoisotopic (exact) mass is 198 g/mol. The number of aliphatic hydroxyl groups excluding tert-OH is 1. The van der Waals surface area contributed by atoms with Gasteiger partial charge in [0.2, 0.25) is 0 Å². The summed E-state index contributed by atoms with van der Waals surface area (Å²) in [6.45, 7) is 5.17. The van der Waals surface area contributed by atoms with Gasteiger partial charge in [-0.15, -0.1) is 0 Å². The summed E-state index contributed by atoms with van der Waals surface area (Å²) in [5.74, 6) is 0.544. The Morgan fingerprint density at radius 3 is 2.71 bits per heavy atom. The van der Waals surface area contributed by atoms with Crippen LogP contribution in [0.15, 0.2) is 0 Å². The van der Waals surface area contributed by atoms with Crippen LogP contribution in [-0.4, -0.2) is 60.8 Å². The van der Waals surface area contributed by atoms with Gasteiger partial charge in [-0.3, -0.25) is 4.90 Å². The number of piperidine rings is 1. The Balaban J connectivity index is 1.83. The molecule has 2 atom stereocenters. The summed E-state index contributed by atoms with van der Waals surface area (Å²) in [6, 6.07) is 0.755. The normalized spacial score (nSPS) is 36.4. The molecule has 0 spiro atoms. The van der Waals surface area contributed by atoms with Gasteiger partial charge in [0.05, 0.1) is 0 Å². The lowest BCUT2D eigenvalue weighted by Crippen LogP contribution is -2.45. The van der Waals surface area contributed by atoms with Crippen molar-refractivity contribution in [3.8, 4) is 0 Å². The van der Waals surface area contributed by atoms with Crippen LogP contribution in [0.2, 0.25) is 0 Å². The van der Waals surface area contributed by atoms with Crippen LogP contribution in [-0.2, 0) is 0 Å². The highest BCUT2D eigenvalue weighted by molar-refractivity contribution is 4.85. The lowest BCUT2D eigenvalue weighted by molar-refractivity contribution is 0.124. The third kappa shape index (κ3) is 2.27. The van der Waals surface area contributed by atoms with Crippen molar-refractivity contribution in [2.75, 3.05) is 39.8 Å². The molecule has 3 nitrogen and oxygen atoms in total. The summed E-state index contributed by atoms with van der Waals surface area (Å²) in [4.78, 5) is 5.01. The predicted molar refractivity (Wildman–Crippen MR) is 57.3 cm³/mol. The van der Waals surface area contributed by atoms with E-state index >= 15 is 0 Å². The minimum Gasteiger partial charge on any atom is -0.396 e. The maximum absolute atomic E-state index is 9.10. The van der Waals surface area contributed by atoms with Crippen LogP contribution in [0.1, 0.15) is 19.3 Å². The third-order valence-electron chi connectivity index (χ3n) is 3.69. The van der Waals surface area contributed by atoms with Crippen LogP contribution in [0.5, 0.6) is 0 Å². The van der Waals surface area contributed by atoms with E-state index < -0.39 is 0 Å². The average molecular weight is 198 g/mol. The van der Waals surface area contributed by atoms with Crippen molar-refractivity contribution in [1.29, 1.82) is 0 Å². The highest BCUT2D eigenvalue weighted by Gasteiger charge is 2.29. The van der Waals surface area contributed by atoms with E-state index in [1.807, 2.05) is 0 Å². The van der Waals surface area contributed by atoms with Crippen molar-refractivity contribution in [2.24, 2.45) is 5.92 Å². The second-order valence-electron chi connectivity index (χ2n) is 4.89. The van der Waals surface area contributed by atoms with Crippen molar-refractivity contribution in [2.45, 2.75) is 25.3 Å². The molecule has 14 heavy (non-hydrogen) atoms. The van der Waals surface area contributed by atoms with Gasteiger partial charge in [-0.05, 0) is 45.3 Å². The van der Waals surface area contributed by atoms with Gasteiger partial charge < -0.3 is 10.0 Å². The Hall–Kier alpha value is -0.120. The molecule has 0 aliphatic carbocycles. The smallest absolute Gasteiger partial charge is 0.0471 e. The topological polar surface area (TPSA) is 26.7 Å². The quantitative estimate of drug-likeness (QED) is 0.695. The Bertz CT molecular complexity index is 186. The molecule has 0 amide bonds. The third-order valence-corrected chi connectivity index (χ3v) is 3.69. The minimum atomic E-state index is 0.374. The highest BCUT2D eigenvalue weighted by Crippen LogP contribution is 2.22. The number of aliphatic hydroxyl groups is 1. The van der Waals surface area contributed by atoms with Crippen molar-refractivity contribution in [1.82, 2.24) is 9.80 Å². The number of likely N-dealkylation sites (tertiary alicyclic amines) is 2. The molecular weight excluding hydrogens is 176 g/mol. The molecule has 3 heteroatoms. The molecule has 0 aromatic heterocycles. The molecule has 82 valence electrons. The number of likely N-dealkylation sites (N-methyl/N-ethyl adjacent to an activating group) is 1. The zero-order valence-electron chi connectivity index (χ0n) is 9.15. The molecule has 0 saturated carbocycles. The van der Waals surface area contributed by atoms with Crippen molar-refractivity contribution >= 4 is 0 Å². The lowest BCUT2D eigenvalue weighted by atomic mass is 10.1. The fourth-order valence-electron chi connectivity index (χ4n) is 2.78. The molecular formula is C11H22N2O. The number of rotatable bonds is 2. The van der Waals surface area contributed by atoms with Gasteiger partial charge in [0.25, 0.3) is 0 Å². The van der Waals surface area contributed by atoms with E-state index in [4.69, 9.17) is 5.11 Å². The second kappa shape index (κ2) is 4.60. The van der Waals surface area contributed by atoms with E-state index in [1.165, 1.54) is 38.9 Å². The van der Waals surface area contributed by atoms with E-state index in [0.29, 0.717) is 12.5 Å². The first-order valence-electron chi connectivity index (χ1n) is 5.83. The van der Waals surface area contributed by atoms with Gasteiger partial charge in [-0.25, -0.2) is 0 Å². The van der Waals surface area contributed by atoms with Crippen LogP contribution < -0.4 is 0 Å². The van der Waals surface area contributed by atoms with Crippen LogP contribution in [0.3, 0.4) is 0 Å². The molecule has 2 unspecified atom stereocenters. The maximum atomic E-state index is 9.10. The Morgan fingerprint density at radius 2 is 2.07 bits per heavy atom. The standard InChI is InChI=1S/C11H22N2O/c1-12-5-2-3-11(8-12)13-6-4-10(7-13)9-14/h10-11,14H,2-9H2,1H3. The summed E-state index contributed by atoms with van der Waals surface area (Å²) in [7, 11) is 2.21. The summed E-state index contributed by atoms with van der Waals surface area (Å²) in [5, 5.41) is 9.10. The van der Waals surface area contributed by atoms with Crippen molar-refractivity contribution < 1.29 is 5.11 Å². The predicted octanol–water partition coefficient (Wildman–Crippen LogP) is 0.395. The molecule has 2 rings (SSSR count). The number of hydrogen-bond donors (Lipinski definition) is 1. The SMILES string of the molecule is CN1CCCC(N2CCC(CO)C2)C1. The lowest BCUT2D eigenvalue weighted by Gasteiger charge is -2.35. The van der Waals surface area contributed by atoms with Gasteiger partial charge in [0.1, 0.15) is 0 Å². The fourth-order valence-corrected chi connectivity index (χ4v) is 2.78. The molecule has 2 fully saturated rings. The molecule has 1 N–H and O–H groups in total. The summed E-state index contributed by atoms with van der Waals surface area (Å²) >= 11 is 0. The zero-order valence-corrected chi connectivity index (χ0v) is 9.15. The van der Waals surface area contributed by atoms with Gasteiger partial charge >= 0.3 is 0 Å². The Morgan fingerprint density at radius 1 is 1.21 bits per heavy atom. The van der Waals surface area contributed by atoms with Gasteiger partial charge in [-0.2, -0.15) is 0 Å². The molecule has 2 aliphatic rings. The fraction of sp³-hybridized carbons (Fsp3) is 1.00. The van der Waals surface area contributed by atoms with E-state index in [2.05, 4.69) is 16.8 Å². The Labute approximate surface area is 86.7 Å². The molecule has 0 aromatic carbocycles. The largest absolute Gasteiger partial charge is 0.396 e. The molecule has 0 aromatic rings. The van der Waals surface area contributed by atoms with Crippen LogP contribution in [0, 0.1) is 5.92 Å². The number of hydrogen-bond acceptors (Lipinski definition) is 3. The molecule has 2 heterocycles. The molecule has 2 saturated heterocycles. The van der Waals surface area contributed by atoms with E-state index in [9.17, 15) is 0 Å². The molecule has 0 radical (unpaired) electrons. The van der Waals surface area contributed by atoms with Crippen LogP contribution >= 0.6 is 0 Å². The summed E-state index contributed by atoms with van der Waals surface area (Å²) in [5.41, 5.74) is 0. The van der Waals surface area contributed by atoms with E-state index in [1.54, 1.807) is 0 Å². The average Bonchev–Trinajstić information content (AvgIpc) is 2.66. The van der Waals surface area contributed by atoms with Crippen LogP contribution in [0.25, 0.3) is 0 Å². The van der Waals surface area contributed by atoms with Gasteiger partial charge in [0, 0.05) is 25.7 Å². The summed E-state index contributed by atoms with van der Waals surface area (Å²) < 4.78 is 0. The minimum absolute atomic E-state index is 0.374. The van der Waals surface area contributed by atoms with Crippen LogP contribution in [0.4, 0.5) is 0 Å². The molecule has 2 aliphatic heterocycles. The first-order valence-corrected chi connectivity index (χ1v) is 5.83. The van der Waals surface area contributed by atoms with Crippen molar-refractivity contribution in [3.05, 3.63) is 0 Å². The molecule has 0 bridgehead atoms. The van der Waals surface area contributed by atoms with Crippen molar-refractivity contribution in [3.63, 3.8) is 0 Å². The maximum Gasteiger partial charge on any atom is 0.0471 e. The summed E-state index contributed by atoms with van der Waals surface area (Å²) in [6.07, 6.45) is 3.88. The first kappa shape index (κ1) is 10.4. The van der Waals surface area contributed by atoms with Gasteiger partial charge in [0.15, 0.2) is 0 Å². The highest BCUT2D eigenvalue weighted by atomic mass is 16.3. The van der Waals surface area contributed by atoms with E-state index in [0.717, 1.165) is 12.6 Å². The Kier molecular flexibility index (Phi) is 3.42. The second-order valence-corrected chi connectivity index (χ2v) is 4.89. The number of nitrogens with zero attached hydrogens (tertiary/aromatic N) is 2. The first-order chi connectivity index (χ1) is 6.79. The zero-order chi connectivity index (χ0) is 9.97.